The largest absolute Gasteiger partial charge is 0.274 e. The van der Waals surface area contributed by atoms with Gasteiger partial charge in [0.1, 0.15) is 0 Å². The van der Waals surface area contributed by atoms with Crippen molar-refractivity contribution in [2.45, 2.75) is 12.8 Å². The van der Waals surface area contributed by atoms with E-state index >= 15 is 0 Å². The van der Waals surface area contributed by atoms with Gasteiger partial charge in [-0.2, -0.15) is 0 Å². The highest BCUT2D eigenvalue weighted by molar-refractivity contribution is 6.22. The standard InChI is InChI=1S/C14H13NO2/c16-13-11-8-4-5-9-12(11)14(17)15(13)10-6-2-1-3-7-10/h1-7,11-12H,8-9H2/t11-,12-/m1/s1. The first kappa shape index (κ1) is 10.3. The molecular formula is C14H13NO2. The van der Waals surface area contributed by atoms with Crippen LogP contribution >= 0.6 is 0 Å². The highest BCUT2D eigenvalue weighted by atomic mass is 16.2. The molecule has 0 bridgehead atoms. The summed E-state index contributed by atoms with van der Waals surface area (Å²) in [5.41, 5.74) is 0.692. The van der Waals surface area contributed by atoms with Crippen LogP contribution in [0.3, 0.4) is 0 Å². The van der Waals surface area contributed by atoms with Crippen molar-refractivity contribution < 1.29 is 9.59 Å². The molecule has 1 fully saturated rings. The third kappa shape index (κ3) is 1.50. The normalized spacial score (nSPS) is 27.4. The summed E-state index contributed by atoms with van der Waals surface area (Å²) in [6.07, 6.45) is 5.39. The van der Waals surface area contributed by atoms with E-state index in [0.717, 1.165) is 0 Å². The Kier molecular flexibility index (Phi) is 2.32. The van der Waals surface area contributed by atoms with E-state index in [9.17, 15) is 9.59 Å². The number of rotatable bonds is 1. The number of imide groups is 1. The predicted molar refractivity (Wildman–Crippen MR) is 64.3 cm³/mol. The van der Waals surface area contributed by atoms with Crippen LogP contribution in [0.2, 0.25) is 0 Å². The third-order valence-electron chi connectivity index (χ3n) is 3.52. The summed E-state index contributed by atoms with van der Waals surface area (Å²) in [5.74, 6) is -0.383. The molecule has 86 valence electrons. The van der Waals surface area contributed by atoms with Gasteiger partial charge in [-0.05, 0) is 25.0 Å². The van der Waals surface area contributed by atoms with Crippen molar-refractivity contribution in [1.29, 1.82) is 0 Å². The molecule has 1 heterocycles. The van der Waals surface area contributed by atoms with Gasteiger partial charge in [-0.3, -0.25) is 14.5 Å². The summed E-state index contributed by atoms with van der Waals surface area (Å²) in [6, 6.07) is 9.18. The molecule has 0 radical (unpaired) electrons. The molecule has 2 aliphatic rings. The molecule has 3 rings (SSSR count). The molecule has 0 saturated carbocycles. The summed E-state index contributed by atoms with van der Waals surface area (Å²) < 4.78 is 0. The Morgan fingerprint density at radius 1 is 0.882 bits per heavy atom. The zero-order valence-corrected chi connectivity index (χ0v) is 9.37. The summed E-state index contributed by atoms with van der Waals surface area (Å²) in [4.78, 5) is 25.8. The Labute approximate surface area is 99.7 Å². The van der Waals surface area contributed by atoms with Crippen LogP contribution in [-0.2, 0) is 9.59 Å². The summed E-state index contributed by atoms with van der Waals surface area (Å²) in [5, 5.41) is 0. The van der Waals surface area contributed by atoms with Gasteiger partial charge in [0.15, 0.2) is 0 Å². The van der Waals surface area contributed by atoms with E-state index in [0.29, 0.717) is 18.5 Å². The van der Waals surface area contributed by atoms with Crippen molar-refractivity contribution in [3.05, 3.63) is 42.5 Å². The molecule has 0 aromatic heterocycles. The number of benzene rings is 1. The lowest BCUT2D eigenvalue weighted by Crippen LogP contribution is -2.30. The predicted octanol–water partition coefficient (Wildman–Crippen LogP) is 2.14. The van der Waals surface area contributed by atoms with Gasteiger partial charge in [0.05, 0.1) is 17.5 Å². The van der Waals surface area contributed by atoms with Gasteiger partial charge in [0.25, 0.3) is 0 Å². The second-order valence-corrected chi connectivity index (χ2v) is 4.50. The van der Waals surface area contributed by atoms with Crippen molar-refractivity contribution >= 4 is 17.5 Å². The Hall–Kier alpha value is -1.90. The van der Waals surface area contributed by atoms with Gasteiger partial charge in [0.2, 0.25) is 11.8 Å². The SMILES string of the molecule is O=C1[C@@H]2CC=CC[C@H]2C(=O)N1c1ccccc1. The van der Waals surface area contributed by atoms with E-state index < -0.39 is 0 Å². The molecule has 1 aliphatic heterocycles. The molecule has 1 aromatic carbocycles. The molecule has 1 aromatic rings. The molecule has 2 amide bonds. The highest BCUT2D eigenvalue weighted by Gasteiger charge is 2.47. The fourth-order valence-corrected chi connectivity index (χ4v) is 2.63. The molecule has 17 heavy (non-hydrogen) atoms. The van der Waals surface area contributed by atoms with Crippen LogP contribution in [-0.4, -0.2) is 11.8 Å². The lowest BCUT2D eigenvalue weighted by molar-refractivity contribution is -0.122. The Morgan fingerprint density at radius 2 is 1.41 bits per heavy atom. The molecule has 0 spiro atoms. The van der Waals surface area contributed by atoms with E-state index in [1.54, 1.807) is 12.1 Å². The lowest BCUT2D eigenvalue weighted by atomic mass is 9.85. The molecule has 1 saturated heterocycles. The minimum absolute atomic E-state index is 0.0458. The summed E-state index contributed by atoms with van der Waals surface area (Å²) in [7, 11) is 0. The van der Waals surface area contributed by atoms with E-state index in [4.69, 9.17) is 0 Å². The molecule has 0 N–H and O–H groups in total. The van der Waals surface area contributed by atoms with Crippen LogP contribution in [0.4, 0.5) is 5.69 Å². The van der Waals surface area contributed by atoms with Crippen LogP contribution < -0.4 is 4.90 Å². The topological polar surface area (TPSA) is 37.4 Å². The second kappa shape index (κ2) is 3.84. The van der Waals surface area contributed by atoms with Crippen molar-refractivity contribution in [2.24, 2.45) is 11.8 Å². The van der Waals surface area contributed by atoms with Crippen LogP contribution in [0, 0.1) is 11.8 Å². The first-order valence-corrected chi connectivity index (χ1v) is 5.87. The minimum atomic E-state index is -0.146. The van der Waals surface area contributed by atoms with Crippen molar-refractivity contribution in [3.8, 4) is 0 Å². The number of nitrogens with zero attached hydrogens (tertiary/aromatic N) is 1. The molecule has 2 atom stereocenters. The number of hydrogen-bond acceptors (Lipinski definition) is 2. The average Bonchev–Trinajstić information content (AvgIpc) is 2.64. The second-order valence-electron chi connectivity index (χ2n) is 4.50. The highest BCUT2D eigenvalue weighted by Crippen LogP contribution is 2.37. The van der Waals surface area contributed by atoms with E-state index in [1.165, 1.54) is 4.90 Å². The van der Waals surface area contributed by atoms with Gasteiger partial charge in [0, 0.05) is 0 Å². The summed E-state index contributed by atoms with van der Waals surface area (Å²) >= 11 is 0. The third-order valence-corrected chi connectivity index (χ3v) is 3.52. The fourth-order valence-electron chi connectivity index (χ4n) is 2.63. The number of anilines is 1. The van der Waals surface area contributed by atoms with Gasteiger partial charge >= 0.3 is 0 Å². The Balaban J connectivity index is 1.98. The first-order valence-electron chi connectivity index (χ1n) is 5.87. The van der Waals surface area contributed by atoms with E-state index in [-0.39, 0.29) is 23.7 Å². The van der Waals surface area contributed by atoms with Gasteiger partial charge in [-0.25, -0.2) is 0 Å². The number of para-hydroxylation sites is 1. The van der Waals surface area contributed by atoms with Crippen LogP contribution in [0.15, 0.2) is 42.5 Å². The maximum atomic E-state index is 12.2. The Morgan fingerprint density at radius 3 is 1.94 bits per heavy atom. The summed E-state index contributed by atoms with van der Waals surface area (Å²) in [6.45, 7) is 0. The maximum Gasteiger partial charge on any atom is 0.238 e. The number of carbonyl (C=O) groups is 2. The molecular weight excluding hydrogens is 214 g/mol. The van der Waals surface area contributed by atoms with Gasteiger partial charge < -0.3 is 0 Å². The fraction of sp³-hybridized carbons (Fsp3) is 0.286. The average molecular weight is 227 g/mol. The number of carbonyl (C=O) groups excluding carboxylic acids is 2. The zero-order valence-electron chi connectivity index (χ0n) is 9.37. The monoisotopic (exact) mass is 227 g/mol. The molecule has 3 heteroatoms. The van der Waals surface area contributed by atoms with E-state index in [2.05, 4.69) is 0 Å². The van der Waals surface area contributed by atoms with Crippen molar-refractivity contribution in [2.75, 3.05) is 4.90 Å². The number of hydrogen-bond donors (Lipinski definition) is 0. The van der Waals surface area contributed by atoms with E-state index in [1.807, 2.05) is 30.4 Å². The number of amides is 2. The van der Waals surface area contributed by atoms with Crippen LogP contribution in [0.25, 0.3) is 0 Å². The smallest absolute Gasteiger partial charge is 0.238 e. The maximum absolute atomic E-state index is 12.2. The zero-order chi connectivity index (χ0) is 11.8. The Bertz CT molecular complexity index is 466. The number of fused-ring (bicyclic) bond motifs is 1. The number of allylic oxidation sites excluding steroid dienone is 2. The van der Waals surface area contributed by atoms with Crippen LogP contribution in [0.1, 0.15) is 12.8 Å². The van der Waals surface area contributed by atoms with Crippen LogP contribution in [0.5, 0.6) is 0 Å². The van der Waals surface area contributed by atoms with Crippen molar-refractivity contribution in [3.63, 3.8) is 0 Å². The lowest BCUT2D eigenvalue weighted by Gasteiger charge is -2.14. The van der Waals surface area contributed by atoms with Crippen molar-refractivity contribution in [1.82, 2.24) is 0 Å². The van der Waals surface area contributed by atoms with Gasteiger partial charge in [-0.1, -0.05) is 30.4 Å². The molecule has 3 nitrogen and oxygen atoms in total. The minimum Gasteiger partial charge on any atom is -0.274 e. The van der Waals surface area contributed by atoms with Gasteiger partial charge in [-0.15, -0.1) is 0 Å². The molecule has 1 aliphatic carbocycles. The molecule has 0 unspecified atom stereocenters. The first-order chi connectivity index (χ1) is 8.29. The quantitative estimate of drug-likeness (QED) is 0.544.